The number of nitrogens with one attached hydrogen (secondary N) is 1. The number of benzene rings is 1. The third-order valence-corrected chi connectivity index (χ3v) is 2.34. The van der Waals surface area contributed by atoms with Gasteiger partial charge in [-0.1, -0.05) is 29.8 Å². The lowest BCUT2D eigenvalue weighted by atomic mass is 10.1. The van der Waals surface area contributed by atoms with Crippen LogP contribution in [0.1, 0.15) is 11.6 Å². The van der Waals surface area contributed by atoms with Crippen LogP contribution in [0.15, 0.2) is 24.3 Å². The van der Waals surface area contributed by atoms with Gasteiger partial charge in [0, 0.05) is 10.6 Å². The van der Waals surface area contributed by atoms with Crippen LogP contribution in [0.25, 0.3) is 0 Å². The highest BCUT2D eigenvalue weighted by Crippen LogP contribution is 2.24. The molecular formula is C10H7ClF3NO3. The van der Waals surface area contributed by atoms with Crippen LogP contribution in [0, 0.1) is 0 Å². The molecule has 0 bridgehead atoms. The summed E-state index contributed by atoms with van der Waals surface area (Å²) in [5, 5.41) is 10.1. The Labute approximate surface area is 104 Å². The lowest BCUT2D eigenvalue weighted by Gasteiger charge is -2.17. The molecule has 4 nitrogen and oxygen atoms in total. The molecule has 1 amide bonds. The summed E-state index contributed by atoms with van der Waals surface area (Å²) in [6.07, 6.45) is -5.16. The first-order valence-electron chi connectivity index (χ1n) is 4.58. The van der Waals surface area contributed by atoms with Gasteiger partial charge in [-0.2, -0.15) is 13.2 Å². The summed E-state index contributed by atoms with van der Waals surface area (Å²) < 4.78 is 36.2. The molecule has 0 aliphatic carbocycles. The lowest BCUT2D eigenvalue weighted by molar-refractivity contribution is -0.175. The molecule has 1 aromatic rings. The van der Waals surface area contributed by atoms with Crippen molar-refractivity contribution in [2.24, 2.45) is 0 Å². The number of carboxylic acids is 1. The van der Waals surface area contributed by atoms with Gasteiger partial charge in [0.25, 0.3) is 0 Å². The molecule has 0 heterocycles. The summed E-state index contributed by atoms with van der Waals surface area (Å²) >= 11 is 5.66. The molecule has 0 unspecified atom stereocenters. The van der Waals surface area contributed by atoms with Crippen LogP contribution in [-0.4, -0.2) is 23.2 Å². The van der Waals surface area contributed by atoms with E-state index in [2.05, 4.69) is 0 Å². The van der Waals surface area contributed by atoms with Crippen molar-refractivity contribution >= 4 is 23.5 Å². The average molecular weight is 282 g/mol. The van der Waals surface area contributed by atoms with Crippen molar-refractivity contribution in [3.63, 3.8) is 0 Å². The number of alkyl halides is 3. The molecule has 0 aromatic heterocycles. The van der Waals surface area contributed by atoms with Gasteiger partial charge in [-0.05, 0) is 6.07 Å². The zero-order valence-corrected chi connectivity index (χ0v) is 9.42. The number of halogens is 4. The number of amides is 1. The standard InChI is InChI=1S/C10H7ClF3NO3/c11-6-4-2-1-3-5(6)7(8(16)17)15-9(18)10(12,13)14/h1-4,7H,(H,15,18)(H,16,17)/t7-/m0/s1. The van der Waals surface area contributed by atoms with E-state index >= 15 is 0 Å². The van der Waals surface area contributed by atoms with Crippen LogP contribution in [0.3, 0.4) is 0 Å². The maximum atomic E-state index is 12.1. The minimum absolute atomic E-state index is 0.0487. The maximum Gasteiger partial charge on any atom is 0.471 e. The van der Waals surface area contributed by atoms with E-state index in [-0.39, 0.29) is 10.6 Å². The van der Waals surface area contributed by atoms with Crippen molar-refractivity contribution in [3.05, 3.63) is 34.9 Å². The summed E-state index contributed by atoms with van der Waals surface area (Å²) in [6.45, 7) is 0. The molecule has 0 spiro atoms. The second-order valence-electron chi connectivity index (χ2n) is 3.26. The molecule has 1 rings (SSSR count). The largest absolute Gasteiger partial charge is 0.479 e. The van der Waals surface area contributed by atoms with E-state index in [1.54, 1.807) is 0 Å². The molecule has 1 atom stereocenters. The quantitative estimate of drug-likeness (QED) is 0.892. The van der Waals surface area contributed by atoms with Gasteiger partial charge in [0.05, 0.1) is 0 Å². The van der Waals surface area contributed by atoms with Crippen LogP contribution in [0.5, 0.6) is 0 Å². The van der Waals surface area contributed by atoms with E-state index in [1.807, 2.05) is 0 Å². The Kier molecular flexibility index (Phi) is 4.18. The molecule has 0 aliphatic heterocycles. The van der Waals surface area contributed by atoms with Crippen molar-refractivity contribution in [2.45, 2.75) is 12.2 Å². The summed E-state index contributed by atoms with van der Waals surface area (Å²) in [5.74, 6) is -3.98. The Morgan fingerprint density at radius 2 is 1.83 bits per heavy atom. The van der Waals surface area contributed by atoms with E-state index in [0.717, 1.165) is 0 Å². The lowest BCUT2D eigenvalue weighted by Crippen LogP contribution is -2.42. The third-order valence-electron chi connectivity index (χ3n) is 2.00. The van der Waals surface area contributed by atoms with Crippen molar-refractivity contribution in [1.82, 2.24) is 5.32 Å². The first-order valence-corrected chi connectivity index (χ1v) is 4.96. The molecular weight excluding hydrogens is 275 g/mol. The van der Waals surface area contributed by atoms with Gasteiger partial charge in [-0.3, -0.25) is 4.79 Å². The van der Waals surface area contributed by atoms with Gasteiger partial charge in [0.1, 0.15) is 0 Å². The van der Waals surface area contributed by atoms with Crippen LogP contribution in [0.4, 0.5) is 13.2 Å². The number of hydrogen-bond acceptors (Lipinski definition) is 2. The highest BCUT2D eigenvalue weighted by atomic mass is 35.5. The number of carbonyl (C=O) groups excluding carboxylic acids is 1. The summed E-state index contributed by atoms with van der Waals surface area (Å²) in [5.41, 5.74) is -0.121. The van der Waals surface area contributed by atoms with Gasteiger partial charge < -0.3 is 10.4 Å². The zero-order valence-electron chi connectivity index (χ0n) is 8.66. The SMILES string of the molecule is O=C(O)[C@@H](NC(=O)C(F)(F)F)c1ccccc1Cl. The van der Waals surface area contributed by atoms with E-state index in [1.165, 1.54) is 29.6 Å². The van der Waals surface area contributed by atoms with Crippen LogP contribution in [-0.2, 0) is 9.59 Å². The fourth-order valence-electron chi connectivity index (χ4n) is 1.19. The normalized spacial score (nSPS) is 12.9. The molecule has 98 valence electrons. The molecule has 0 radical (unpaired) electrons. The molecule has 1 aromatic carbocycles. The van der Waals surface area contributed by atoms with Gasteiger partial charge in [-0.15, -0.1) is 0 Å². The maximum absolute atomic E-state index is 12.1. The number of carboxylic acid groups (broad SMARTS) is 1. The highest BCUT2D eigenvalue weighted by molar-refractivity contribution is 6.31. The van der Waals surface area contributed by atoms with E-state index in [9.17, 15) is 22.8 Å². The Bertz CT molecular complexity index is 476. The van der Waals surface area contributed by atoms with E-state index in [4.69, 9.17) is 16.7 Å². The predicted octanol–water partition coefficient (Wildman–Crippen LogP) is 2.14. The summed E-state index contributed by atoms with van der Waals surface area (Å²) in [7, 11) is 0. The molecule has 0 saturated heterocycles. The monoisotopic (exact) mass is 281 g/mol. The van der Waals surface area contributed by atoms with Crippen LogP contribution >= 0.6 is 11.6 Å². The molecule has 8 heteroatoms. The third kappa shape index (κ3) is 3.36. The van der Waals surface area contributed by atoms with Gasteiger partial charge in [-0.25, -0.2) is 4.79 Å². The summed E-state index contributed by atoms with van der Waals surface area (Å²) in [4.78, 5) is 21.6. The first-order chi connectivity index (χ1) is 8.23. The minimum Gasteiger partial charge on any atom is -0.479 e. The number of carbonyl (C=O) groups is 2. The van der Waals surface area contributed by atoms with Crippen molar-refractivity contribution in [1.29, 1.82) is 0 Å². The smallest absolute Gasteiger partial charge is 0.471 e. The Balaban J connectivity index is 3.03. The van der Waals surface area contributed by atoms with Crippen molar-refractivity contribution in [2.75, 3.05) is 0 Å². The van der Waals surface area contributed by atoms with Crippen molar-refractivity contribution < 1.29 is 27.9 Å². The van der Waals surface area contributed by atoms with Crippen LogP contribution < -0.4 is 5.32 Å². The predicted molar refractivity (Wildman–Crippen MR) is 56.0 cm³/mol. The highest BCUT2D eigenvalue weighted by Gasteiger charge is 2.41. The Morgan fingerprint density at radius 3 is 2.28 bits per heavy atom. The number of hydrogen-bond donors (Lipinski definition) is 2. The molecule has 0 fully saturated rings. The second-order valence-corrected chi connectivity index (χ2v) is 3.67. The van der Waals surface area contributed by atoms with Gasteiger partial charge in [0.15, 0.2) is 6.04 Å². The topological polar surface area (TPSA) is 66.4 Å². The fourth-order valence-corrected chi connectivity index (χ4v) is 1.44. The Morgan fingerprint density at radius 1 is 1.28 bits per heavy atom. The van der Waals surface area contributed by atoms with Crippen LogP contribution in [0.2, 0.25) is 5.02 Å². The average Bonchev–Trinajstić information content (AvgIpc) is 2.25. The van der Waals surface area contributed by atoms with Gasteiger partial charge >= 0.3 is 18.1 Å². The first kappa shape index (κ1) is 14.3. The molecule has 0 saturated carbocycles. The molecule has 18 heavy (non-hydrogen) atoms. The molecule has 2 N–H and O–H groups in total. The fraction of sp³-hybridized carbons (Fsp3) is 0.200. The second kappa shape index (κ2) is 5.26. The van der Waals surface area contributed by atoms with E-state index in [0.29, 0.717) is 0 Å². The Hall–Kier alpha value is -1.76. The number of aliphatic carboxylic acids is 1. The minimum atomic E-state index is -5.16. The molecule has 0 aliphatic rings. The summed E-state index contributed by atoms with van der Waals surface area (Å²) in [6, 6.07) is 3.56. The van der Waals surface area contributed by atoms with Gasteiger partial charge in [0.2, 0.25) is 0 Å². The number of rotatable bonds is 3. The van der Waals surface area contributed by atoms with Crippen molar-refractivity contribution in [3.8, 4) is 0 Å². The van der Waals surface area contributed by atoms with E-state index < -0.39 is 24.1 Å². The zero-order chi connectivity index (χ0) is 13.9.